The Hall–Kier alpha value is -1.39. The third-order valence-corrected chi connectivity index (χ3v) is 4.01. The molecule has 1 aromatic rings. The lowest BCUT2D eigenvalue weighted by Gasteiger charge is -2.17. The van der Waals surface area contributed by atoms with E-state index in [1.807, 2.05) is 13.8 Å². The maximum absolute atomic E-state index is 12.2. The average molecular weight is 275 g/mol. The number of benzene rings is 1. The SMILES string of the molecule is Cc1cc(C)c(NC(=O)CN2CCC(CN)C2)c(C)c1. The minimum atomic E-state index is 0.0673. The first-order chi connectivity index (χ1) is 9.49. The average Bonchev–Trinajstić information content (AvgIpc) is 2.81. The Bertz CT molecular complexity index is 475. The summed E-state index contributed by atoms with van der Waals surface area (Å²) in [4.78, 5) is 14.4. The monoisotopic (exact) mass is 275 g/mol. The number of carbonyl (C=O) groups is 1. The summed E-state index contributed by atoms with van der Waals surface area (Å²) < 4.78 is 0. The summed E-state index contributed by atoms with van der Waals surface area (Å²) >= 11 is 0. The van der Waals surface area contributed by atoms with Crippen molar-refractivity contribution in [3.63, 3.8) is 0 Å². The summed E-state index contributed by atoms with van der Waals surface area (Å²) in [6, 6.07) is 4.20. The van der Waals surface area contributed by atoms with Gasteiger partial charge in [0, 0.05) is 12.2 Å². The third-order valence-electron chi connectivity index (χ3n) is 4.01. The van der Waals surface area contributed by atoms with Crippen molar-refractivity contribution < 1.29 is 4.79 Å². The van der Waals surface area contributed by atoms with E-state index in [4.69, 9.17) is 5.73 Å². The third kappa shape index (κ3) is 3.58. The number of hydrogen-bond donors (Lipinski definition) is 2. The molecule has 0 aliphatic carbocycles. The van der Waals surface area contributed by atoms with Crippen LogP contribution in [0.2, 0.25) is 0 Å². The topological polar surface area (TPSA) is 58.4 Å². The maximum atomic E-state index is 12.2. The standard InChI is InChI=1S/C16H25N3O/c1-11-6-12(2)16(13(3)7-11)18-15(20)10-19-5-4-14(8-17)9-19/h6-7,14H,4-5,8-10,17H2,1-3H3,(H,18,20). The highest BCUT2D eigenvalue weighted by Gasteiger charge is 2.23. The number of anilines is 1. The minimum Gasteiger partial charge on any atom is -0.330 e. The fourth-order valence-electron chi connectivity index (χ4n) is 3.01. The number of carbonyl (C=O) groups excluding carboxylic acids is 1. The van der Waals surface area contributed by atoms with E-state index < -0.39 is 0 Å². The molecule has 1 aliphatic rings. The molecule has 110 valence electrons. The molecule has 1 saturated heterocycles. The van der Waals surface area contributed by atoms with E-state index in [-0.39, 0.29) is 5.91 Å². The zero-order valence-corrected chi connectivity index (χ0v) is 12.7. The highest BCUT2D eigenvalue weighted by Crippen LogP contribution is 2.22. The van der Waals surface area contributed by atoms with E-state index in [0.717, 1.165) is 36.3 Å². The highest BCUT2D eigenvalue weighted by molar-refractivity contribution is 5.93. The number of nitrogens with zero attached hydrogens (tertiary/aromatic N) is 1. The number of rotatable bonds is 4. The maximum Gasteiger partial charge on any atom is 0.238 e. The lowest BCUT2D eigenvalue weighted by Crippen LogP contribution is -2.32. The van der Waals surface area contributed by atoms with E-state index in [2.05, 4.69) is 29.3 Å². The molecule has 1 heterocycles. The fourth-order valence-corrected chi connectivity index (χ4v) is 3.01. The molecule has 4 nitrogen and oxygen atoms in total. The second kappa shape index (κ2) is 6.37. The van der Waals surface area contributed by atoms with Gasteiger partial charge < -0.3 is 11.1 Å². The van der Waals surface area contributed by atoms with Crippen molar-refractivity contribution in [3.05, 3.63) is 28.8 Å². The lowest BCUT2D eigenvalue weighted by atomic mass is 10.1. The Morgan fingerprint density at radius 2 is 2.00 bits per heavy atom. The highest BCUT2D eigenvalue weighted by atomic mass is 16.2. The molecule has 0 bridgehead atoms. The summed E-state index contributed by atoms with van der Waals surface area (Å²) in [6.45, 7) is 9.24. The van der Waals surface area contributed by atoms with Crippen LogP contribution in [0.5, 0.6) is 0 Å². The largest absolute Gasteiger partial charge is 0.330 e. The van der Waals surface area contributed by atoms with Crippen LogP contribution in [0.3, 0.4) is 0 Å². The zero-order chi connectivity index (χ0) is 14.7. The lowest BCUT2D eigenvalue weighted by molar-refractivity contribution is -0.117. The Kier molecular flexibility index (Phi) is 4.78. The van der Waals surface area contributed by atoms with Crippen LogP contribution in [-0.4, -0.2) is 37.0 Å². The van der Waals surface area contributed by atoms with Crippen molar-refractivity contribution in [2.75, 3.05) is 31.5 Å². The Balaban J connectivity index is 1.95. The van der Waals surface area contributed by atoms with E-state index in [0.29, 0.717) is 19.0 Å². The Morgan fingerprint density at radius 3 is 2.55 bits per heavy atom. The van der Waals surface area contributed by atoms with Gasteiger partial charge in [-0.3, -0.25) is 9.69 Å². The van der Waals surface area contributed by atoms with Gasteiger partial charge in [-0.15, -0.1) is 0 Å². The quantitative estimate of drug-likeness (QED) is 0.881. The summed E-state index contributed by atoms with van der Waals surface area (Å²) in [7, 11) is 0. The first-order valence-corrected chi connectivity index (χ1v) is 7.29. The van der Waals surface area contributed by atoms with Crippen molar-refractivity contribution in [1.82, 2.24) is 4.90 Å². The first kappa shape index (κ1) is 15.0. The molecule has 1 unspecified atom stereocenters. The van der Waals surface area contributed by atoms with Gasteiger partial charge in [0.15, 0.2) is 0 Å². The van der Waals surface area contributed by atoms with Gasteiger partial charge in [-0.25, -0.2) is 0 Å². The molecule has 2 rings (SSSR count). The second-order valence-corrected chi connectivity index (χ2v) is 5.95. The van der Waals surface area contributed by atoms with E-state index in [9.17, 15) is 4.79 Å². The van der Waals surface area contributed by atoms with Crippen molar-refractivity contribution in [3.8, 4) is 0 Å². The molecule has 1 atom stereocenters. The van der Waals surface area contributed by atoms with Crippen molar-refractivity contribution >= 4 is 11.6 Å². The molecule has 3 N–H and O–H groups in total. The van der Waals surface area contributed by atoms with Crippen LogP contribution in [0.1, 0.15) is 23.1 Å². The molecule has 20 heavy (non-hydrogen) atoms. The van der Waals surface area contributed by atoms with Crippen LogP contribution >= 0.6 is 0 Å². The van der Waals surface area contributed by atoms with E-state index in [1.165, 1.54) is 5.56 Å². The summed E-state index contributed by atoms with van der Waals surface area (Å²) in [5.41, 5.74) is 10.1. The van der Waals surface area contributed by atoms with Gasteiger partial charge in [-0.2, -0.15) is 0 Å². The van der Waals surface area contributed by atoms with Crippen LogP contribution in [0, 0.1) is 26.7 Å². The van der Waals surface area contributed by atoms with Crippen LogP contribution in [0.4, 0.5) is 5.69 Å². The molecule has 0 radical (unpaired) electrons. The van der Waals surface area contributed by atoms with Crippen molar-refractivity contribution in [1.29, 1.82) is 0 Å². The molecular formula is C16H25N3O. The number of amides is 1. The van der Waals surface area contributed by atoms with Gasteiger partial charge in [-0.05, 0) is 57.3 Å². The summed E-state index contributed by atoms with van der Waals surface area (Å²) in [5, 5.41) is 3.05. The summed E-state index contributed by atoms with van der Waals surface area (Å²) in [5.74, 6) is 0.614. The van der Waals surface area contributed by atoms with E-state index in [1.54, 1.807) is 0 Å². The molecule has 4 heteroatoms. The van der Waals surface area contributed by atoms with Crippen LogP contribution in [-0.2, 0) is 4.79 Å². The normalized spacial score (nSPS) is 19.3. The summed E-state index contributed by atoms with van der Waals surface area (Å²) in [6.07, 6.45) is 1.10. The van der Waals surface area contributed by atoms with Gasteiger partial charge in [0.2, 0.25) is 5.91 Å². The zero-order valence-electron chi connectivity index (χ0n) is 12.7. The smallest absolute Gasteiger partial charge is 0.238 e. The van der Waals surface area contributed by atoms with Crippen LogP contribution in [0.25, 0.3) is 0 Å². The molecule has 0 saturated carbocycles. The predicted molar refractivity (Wildman–Crippen MR) is 82.9 cm³/mol. The predicted octanol–water partition coefficient (Wildman–Crippen LogP) is 1.83. The van der Waals surface area contributed by atoms with Crippen molar-refractivity contribution in [2.45, 2.75) is 27.2 Å². The van der Waals surface area contributed by atoms with Crippen LogP contribution < -0.4 is 11.1 Å². The van der Waals surface area contributed by atoms with Crippen molar-refractivity contribution in [2.24, 2.45) is 11.7 Å². The van der Waals surface area contributed by atoms with Crippen LogP contribution in [0.15, 0.2) is 12.1 Å². The van der Waals surface area contributed by atoms with Gasteiger partial charge >= 0.3 is 0 Å². The minimum absolute atomic E-state index is 0.0673. The number of nitrogens with two attached hydrogens (primary N) is 1. The van der Waals surface area contributed by atoms with Gasteiger partial charge in [-0.1, -0.05) is 17.7 Å². The van der Waals surface area contributed by atoms with Gasteiger partial charge in [0.05, 0.1) is 6.54 Å². The fraction of sp³-hybridized carbons (Fsp3) is 0.562. The molecule has 1 aliphatic heterocycles. The molecular weight excluding hydrogens is 250 g/mol. The molecule has 1 amide bonds. The number of hydrogen-bond acceptors (Lipinski definition) is 3. The number of likely N-dealkylation sites (tertiary alicyclic amines) is 1. The molecule has 1 fully saturated rings. The van der Waals surface area contributed by atoms with Gasteiger partial charge in [0.25, 0.3) is 0 Å². The first-order valence-electron chi connectivity index (χ1n) is 7.29. The molecule has 0 aromatic heterocycles. The number of nitrogens with one attached hydrogen (secondary N) is 1. The Morgan fingerprint density at radius 1 is 1.35 bits per heavy atom. The Labute approximate surface area is 121 Å². The second-order valence-electron chi connectivity index (χ2n) is 5.95. The molecule has 0 spiro atoms. The molecule has 1 aromatic carbocycles. The van der Waals surface area contributed by atoms with E-state index >= 15 is 0 Å². The van der Waals surface area contributed by atoms with Gasteiger partial charge in [0.1, 0.15) is 0 Å². The number of aryl methyl sites for hydroxylation is 3.